The van der Waals surface area contributed by atoms with Gasteiger partial charge >= 0.3 is 5.97 Å². The van der Waals surface area contributed by atoms with E-state index in [-0.39, 0.29) is 17.7 Å². The molecule has 1 unspecified atom stereocenters. The van der Waals surface area contributed by atoms with Crippen LogP contribution in [-0.4, -0.2) is 38.5 Å². The fourth-order valence-electron chi connectivity index (χ4n) is 4.07. The minimum atomic E-state index is -0.810. The van der Waals surface area contributed by atoms with Gasteiger partial charge in [0, 0.05) is 11.1 Å². The second kappa shape index (κ2) is 10.2. The quantitative estimate of drug-likeness (QED) is 0.470. The third-order valence-electron chi connectivity index (χ3n) is 5.67. The van der Waals surface area contributed by atoms with Crippen LogP contribution in [0.15, 0.2) is 63.5 Å². The Morgan fingerprint density at radius 1 is 1.09 bits per heavy atom. The average molecular weight is 495 g/mol. The van der Waals surface area contributed by atoms with Gasteiger partial charge in [0.15, 0.2) is 4.80 Å². The van der Waals surface area contributed by atoms with Gasteiger partial charge in [0.25, 0.3) is 5.56 Å². The molecule has 0 amide bonds. The first kappa shape index (κ1) is 24.3. The van der Waals surface area contributed by atoms with Crippen molar-refractivity contribution in [1.29, 1.82) is 0 Å². The Hall–Kier alpha value is -3.85. The van der Waals surface area contributed by atoms with E-state index in [0.717, 1.165) is 5.56 Å². The number of rotatable bonds is 7. The molecule has 0 N–H and O–H groups in total. The number of aromatic nitrogens is 1. The maximum absolute atomic E-state index is 13.8. The van der Waals surface area contributed by atoms with Crippen LogP contribution in [0.2, 0.25) is 0 Å². The van der Waals surface area contributed by atoms with E-state index in [1.807, 2.05) is 24.3 Å². The van der Waals surface area contributed by atoms with Crippen LogP contribution in [0, 0.1) is 0 Å². The summed E-state index contributed by atoms with van der Waals surface area (Å²) < 4.78 is 23.8. The third-order valence-corrected chi connectivity index (χ3v) is 6.66. The Morgan fingerprint density at radius 3 is 2.51 bits per heavy atom. The molecule has 35 heavy (non-hydrogen) atoms. The number of thiazole rings is 1. The van der Waals surface area contributed by atoms with Gasteiger partial charge in [0.1, 0.15) is 23.3 Å². The predicted octanol–water partition coefficient (Wildman–Crippen LogP) is 2.82. The van der Waals surface area contributed by atoms with E-state index in [2.05, 4.69) is 4.99 Å². The molecular weight excluding hydrogens is 468 g/mol. The molecule has 0 fully saturated rings. The van der Waals surface area contributed by atoms with Crippen molar-refractivity contribution < 1.29 is 23.7 Å². The fourth-order valence-corrected chi connectivity index (χ4v) is 5.10. The molecule has 9 heteroatoms. The predicted molar refractivity (Wildman–Crippen MR) is 133 cm³/mol. The highest BCUT2D eigenvalue weighted by atomic mass is 32.1. The third kappa shape index (κ3) is 4.46. The first-order chi connectivity index (χ1) is 16.9. The lowest BCUT2D eigenvalue weighted by Gasteiger charge is -2.26. The van der Waals surface area contributed by atoms with Crippen molar-refractivity contribution in [1.82, 2.24) is 4.57 Å². The average Bonchev–Trinajstić information content (AvgIpc) is 3.17. The van der Waals surface area contributed by atoms with Gasteiger partial charge in [0.2, 0.25) is 0 Å². The number of hydrogen-bond donors (Lipinski definition) is 0. The lowest BCUT2D eigenvalue weighted by molar-refractivity contribution is -0.139. The second-order valence-corrected chi connectivity index (χ2v) is 8.66. The van der Waals surface area contributed by atoms with Gasteiger partial charge in [-0.2, -0.15) is 0 Å². The van der Waals surface area contributed by atoms with E-state index in [1.54, 1.807) is 52.3 Å². The summed E-state index contributed by atoms with van der Waals surface area (Å²) in [6, 6.07) is 11.9. The zero-order valence-electron chi connectivity index (χ0n) is 20.2. The topological polar surface area (TPSA) is 88.4 Å². The molecule has 0 bridgehead atoms. The first-order valence-corrected chi connectivity index (χ1v) is 11.8. The number of methoxy groups -OCH3 is 3. The Kier molecular flexibility index (Phi) is 7.07. The molecule has 8 nitrogen and oxygen atoms in total. The highest BCUT2D eigenvalue weighted by molar-refractivity contribution is 7.07. The van der Waals surface area contributed by atoms with Crippen molar-refractivity contribution >= 4 is 23.4 Å². The molecule has 3 aromatic rings. The smallest absolute Gasteiger partial charge is 0.338 e. The van der Waals surface area contributed by atoms with Crippen molar-refractivity contribution in [2.75, 3.05) is 27.9 Å². The standard InChI is InChI=1S/C26H26N2O6S/c1-6-34-25(30)22-15(2)27-26-28(23(22)18-14-17(31-3)11-12-20(18)33-5)24(29)21(35-26)13-16-9-7-8-10-19(16)32-4/h7-14,23H,6H2,1-5H3/b21-13+. The fraction of sp³-hybridized carbons (Fsp3) is 0.269. The first-order valence-electron chi connectivity index (χ1n) is 11.0. The molecule has 1 atom stereocenters. The van der Waals surface area contributed by atoms with Gasteiger partial charge < -0.3 is 18.9 Å². The van der Waals surface area contributed by atoms with Crippen LogP contribution in [0.25, 0.3) is 6.08 Å². The van der Waals surface area contributed by atoms with Crippen molar-refractivity contribution in [3.05, 3.63) is 84.5 Å². The molecule has 0 saturated heterocycles. The molecule has 1 aromatic heterocycles. The summed E-state index contributed by atoms with van der Waals surface area (Å²) in [6.45, 7) is 3.66. The molecule has 1 aliphatic rings. The van der Waals surface area contributed by atoms with Gasteiger partial charge in [-0.15, -0.1) is 0 Å². The van der Waals surface area contributed by atoms with Gasteiger partial charge in [-0.05, 0) is 44.2 Å². The van der Waals surface area contributed by atoms with Crippen LogP contribution in [0.4, 0.5) is 0 Å². The Bertz CT molecular complexity index is 1480. The van der Waals surface area contributed by atoms with Crippen molar-refractivity contribution in [2.45, 2.75) is 19.9 Å². The van der Waals surface area contributed by atoms with E-state index in [9.17, 15) is 9.59 Å². The number of ether oxygens (including phenoxy) is 4. The number of nitrogens with zero attached hydrogens (tertiary/aromatic N) is 2. The summed E-state index contributed by atoms with van der Waals surface area (Å²) in [4.78, 5) is 32.0. The number of allylic oxidation sites excluding steroid dienone is 1. The maximum Gasteiger partial charge on any atom is 0.338 e. The number of esters is 1. The Morgan fingerprint density at radius 2 is 1.83 bits per heavy atom. The van der Waals surface area contributed by atoms with E-state index in [1.165, 1.54) is 23.0 Å². The number of carbonyl (C=O) groups is 1. The van der Waals surface area contributed by atoms with Crippen LogP contribution in [0.3, 0.4) is 0 Å². The highest BCUT2D eigenvalue weighted by Gasteiger charge is 2.35. The molecule has 2 heterocycles. The van der Waals surface area contributed by atoms with Gasteiger partial charge in [-0.3, -0.25) is 9.36 Å². The molecule has 0 saturated carbocycles. The number of carbonyl (C=O) groups excluding carboxylic acids is 1. The summed E-state index contributed by atoms with van der Waals surface area (Å²) in [7, 11) is 4.67. The molecule has 1 aliphatic heterocycles. The van der Waals surface area contributed by atoms with Crippen LogP contribution in [-0.2, 0) is 9.53 Å². The molecule has 182 valence electrons. The molecular formula is C26H26N2O6S. The molecule has 0 spiro atoms. The van der Waals surface area contributed by atoms with E-state index in [0.29, 0.717) is 37.8 Å². The van der Waals surface area contributed by atoms with Gasteiger partial charge in [0.05, 0.1) is 43.7 Å². The maximum atomic E-state index is 13.8. The Labute approximate surface area is 206 Å². The van der Waals surface area contributed by atoms with Gasteiger partial charge in [-0.1, -0.05) is 29.5 Å². The number of fused-ring (bicyclic) bond motifs is 1. The van der Waals surface area contributed by atoms with Crippen LogP contribution < -0.4 is 29.1 Å². The normalized spacial score (nSPS) is 15.3. The summed E-state index contributed by atoms with van der Waals surface area (Å²) in [5.41, 5.74) is 1.81. The minimum absolute atomic E-state index is 0.190. The zero-order valence-corrected chi connectivity index (χ0v) is 21.0. The lowest BCUT2D eigenvalue weighted by atomic mass is 9.94. The second-order valence-electron chi connectivity index (χ2n) is 7.65. The largest absolute Gasteiger partial charge is 0.497 e. The lowest BCUT2D eigenvalue weighted by Crippen LogP contribution is -2.40. The van der Waals surface area contributed by atoms with Gasteiger partial charge in [-0.25, -0.2) is 9.79 Å². The van der Waals surface area contributed by atoms with Crippen molar-refractivity contribution in [2.24, 2.45) is 4.99 Å². The summed E-state index contributed by atoms with van der Waals surface area (Å²) in [6.07, 6.45) is 1.77. The van der Waals surface area contributed by atoms with Crippen molar-refractivity contribution in [3.8, 4) is 17.2 Å². The summed E-state index contributed by atoms with van der Waals surface area (Å²) in [5.74, 6) is 1.18. The van der Waals surface area contributed by atoms with Crippen LogP contribution >= 0.6 is 11.3 Å². The minimum Gasteiger partial charge on any atom is -0.497 e. The number of hydrogen-bond acceptors (Lipinski definition) is 8. The molecule has 0 aliphatic carbocycles. The number of benzene rings is 2. The van der Waals surface area contributed by atoms with E-state index >= 15 is 0 Å². The Balaban J connectivity index is 2.03. The molecule has 0 radical (unpaired) electrons. The molecule has 4 rings (SSSR count). The van der Waals surface area contributed by atoms with E-state index < -0.39 is 12.0 Å². The summed E-state index contributed by atoms with van der Waals surface area (Å²) >= 11 is 1.24. The van der Waals surface area contributed by atoms with Crippen LogP contribution in [0.5, 0.6) is 17.2 Å². The monoisotopic (exact) mass is 494 g/mol. The molecule has 2 aromatic carbocycles. The number of para-hydroxylation sites is 1. The summed E-state index contributed by atoms with van der Waals surface area (Å²) in [5, 5.41) is 0. The van der Waals surface area contributed by atoms with Crippen LogP contribution in [0.1, 0.15) is 31.0 Å². The highest BCUT2D eigenvalue weighted by Crippen LogP contribution is 2.37. The van der Waals surface area contributed by atoms with E-state index in [4.69, 9.17) is 18.9 Å². The van der Waals surface area contributed by atoms with Crippen molar-refractivity contribution in [3.63, 3.8) is 0 Å². The zero-order chi connectivity index (χ0) is 25.1. The SMILES string of the molecule is CCOC(=O)C1=C(C)N=c2s/c(=C/c3ccccc3OC)c(=O)n2C1c1cc(OC)ccc1OC.